The van der Waals surface area contributed by atoms with E-state index in [0.717, 1.165) is 39.5 Å². The fraction of sp³-hybridized carbons (Fsp3) is 0.636. The molecule has 2 heterocycles. The van der Waals surface area contributed by atoms with Gasteiger partial charge in [0, 0.05) is 32.4 Å². The van der Waals surface area contributed by atoms with Crippen molar-refractivity contribution in [1.29, 1.82) is 5.41 Å². The number of benzene rings is 1. The molecule has 1 aromatic carbocycles. The highest BCUT2D eigenvalue weighted by atomic mass is 16.4. The number of aliphatic hydroxyl groups excluding tert-OH is 6. The lowest BCUT2D eigenvalue weighted by atomic mass is 9.96. The molecular formula is C88H141N27O34. The van der Waals surface area contributed by atoms with Crippen LogP contribution >= 0.6 is 0 Å². The highest BCUT2D eigenvalue weighted by Gasteiger charge is 2.46. The number of nitrogens with zero attached hydrogens (tertiary/aromatic N) is 1. The van der Waals surface area contributed by atoms with E-state index in [0.29, 0.717) is 24.9 Å². The number of carbonyl (C=O) groups is 25. The van der Waals surface area contributed by atoms with Crippen LogP contribution in [0.4, 0.5) is 0 Å². The summed E-state index contributed by atoms with van der Waals surface area (Å²) in [6, 6.07) is -24.9. The Kier molecular flexibility index (Phi) is 54.4. The van der Waals surface area contributed by atoms with Gasteiger partial charge in [0.15, 0.2) is 5.96 Å². The maximum Gasteiger partial charge on any atom is 0.328 e. The number of phenols is 1. The fourth-order valence-electron chi connectivity index (χ4n) is 14.9. The van der Waals surface area contributed by atoms with Gasteiger partial charge in [0.05, 0.1) is 82.1 Å². The number of hydrogen-bond acceptors (Lipinski definition) is 34. The number of likely N-dealkylation sites (tertiary alicyclic amines) is 1. The summed E-state index contributed by atoms with van der Waals surface area (Å²) in [5.41, 5.74) is 26.9. The molecule has 3 rings (SSSR count). The standard InChI is InChI=1S/C88H141N27O34/c1-10-37(3)64(108-75(136)47(16-13-27-96-88(93)94)103-76(137)50(29-44-18-20-45(122)21-19-44)101-62(129)35-99-80(141)66(39(5)117)111-81(142)65(38(4)11-2)109-78(139)53(32-63(130)131)105-73(134)46-15-12-26-95-46)82(143)112-68(41(7)119)84(145)113-69(42(8)120)85(146)114-70(43(9)121)86(147)115-28-14-17-55(115)79(140)110-67(40(6)118)83(144)106-51(30-58(91)125)72(133)98-33-60(127)100-49(23-25-57(90)124)74(135)104-48(22-24-56(89)123)71(132)97-34-61(128)102-52(31-59(92)126)77(138)107-54(36-116)87(148)149/h18-21,37-43,46-55,64-70,95,116-122H,10-17,22-36H2,1-9H3,(H2,89,123)(H2,90,124)(H2,91,125)(H2,92,126)(H,97,132)(H,98,133)(H,99,141)(H,100,127)(H,101,129)(H,102,128)(H,103,137)(H,104,135)(H,105,134)(H,106,144)(H,107,138)(H,108,136)(H,109,139)(H,110,140)(H,111,142)(H,112,143)(H,113,145)(H,114,146)(H,130,131)(H,148,149)(H4,93,94,96)/t37-,38-,39+,40+,41+,42+,43+,46-,47-,48-,49-,50-,51-,52-,53-,54-,55-,64-,65-,66-,67-,68-,69-,70-/m0/s1. The van der Waals surface area contributed by atoms with Crippen LogP contribution in [0.3, 0.4) is 0 Å². The average Bonchev–Trinajstić information content (AvgIpc) is 1.70. The van der Waals surface area contributed by atoms with E-state index in [4.69, 9.17) is 34.1 Å². The third-order valence-corrected chi connectivity index (χ3v) is 23.6. The second-order valence-electron chi connectivity index (χ2n) is 35.9. The lowest BCUT2D eigenvalue weighted by Gasteiger charge is -2.33. The molecule has 0 radical (unpaired) electrons. The molecule has 0 spiro atoms. The number of carbonyl (C=O) groups excluding carboxylic acids is 23. The number of aliphatic carboxylic acids is 2. The number of aliphatic hydroxyl groups is 6. The first kappa shape index (κ1) is 128. The van der Waals surface area contributed by atoms with Crippen LogP contribution in [0, 0.1) is 17.2 Å². The number of carboxylic acids is 2. The van der Waals surface area contributed by atoms with Gasteiger partial charge < -0.3 is 186 Å². The van der Waals surface area contributed by atoms with Crippen molar-refractivity contribution in [1.82, 2.24) is 111 Å². The van der Waals surface area contributed by atoms with Crippen molar-refractivity contribution in [2.45, 2.75) is 298 Å². The van der Waals surface area contributed by atoms with E-state index in [2.05, 4.69) is 95.7 Å². The number of rotatable bonds is 66. The zero-order valence-corrected chi connectivity index (χ0v) is 83.5. The minimum absolute atomic E-state index is 0.0119. The summed E-state index contributed by atoms with van der Waals surface area (Å²) in [4.78, 5) is 336. The fourth-order valence-corrected chi connectivity index (χ4v) is 14.9. The van der Waals surface area contributed by atoms with Gasteiger partial charge in [-0.2, -0.15) is 0 Å². The Bertz CT molecular complexity index is 4910. The van der Waals surface area contributed by atoms with Crippen molar-refractivity contribution in [2.75, 3.05) is 45.9 Å². The molecule has 61 heteroatoms. The molecule has 24 atom stereocenters. The van der Waals surface area contributed by atoms with Crippen molar-refractivity contribution in [3.63, 3.8) is 0 Å². The van der Waals surface area contributed by atoms with Crippen LogP contribution in [-0.4, -0.2) is 384 Å². The number of carboxylic acid groups (broad SMARTS) is 2. The van der Waals surface area contributed by atoms with Gasteiger partial charge in [0.1, 0.15) is 102 Å². The summed E-state index contributed by atoms with van der Waals surface area (Å²) in [7, 11) is 0. The molecule has 0 saturated carbocycles. The largest absolute Gasteiger partial charge is 0.508 e. The molecular weight excluding hydrogens is 1980 g/mol. The van der Waals surface area contributed by atoms with Gasteiger partial charge >= 0.3 is 11.9 Å². The Hall–Kier alpha value is -15.2. The van der Waals surface area contributed by atoms with Gasteiger partial charge in [-0.1, -0.05) is 52.7 Å². The monoisotopic (exact) mass is 2120 g/mol. The Morgan fingerprint density at radius 3 is 1.18 bits per heavy atom. The van der Waals surface area contributed by atoms with Crippen LogP contribution in [-0.2, 0) is 126 Å². The van der Waals surface area contributed by atoms with Crippen molar-refractivity contribution < 1.29 is 166 Å². The number of hydrogen-bond donors (Lipinski definition) is 35. The van der Waals surface area contributed by atoms with Crippen molar-refractivity contribution in [2.24, 2.45) is 40.5 Å². The Labute approximate surface area is 853 Å². The molecule has 2 aliphatic rings. The van der Waals surface area contributed by atoms with Crippen LogP contribution in [0.25, 0.3) is 0 Å². The average molecular weight is 2120 g/mol. The highest BCUT2D eigenvalue weighted by molar-refractivity contribution is 6.03. The molecule has 1 aromatic rings. The number of phenolic OH excluding ortho intramolecular Hbond substituents is 1. The lowest BCUT2D eigenvalue weighted by molar-refractivity contribution is -0.145. The Morgan fingerprint density at radius 2 is 0.752 bits per heavy atom. The van der Waals surface area contributed by atoms with E-state index in [1.807, 2.05) is 10.6 Å². The minimum atomic E-state index is -2.14. The molecule has 2 aliphatic heterocycles. The summed E-state index contributed by atoms with van der Waals surface area (Å²) >= 11 is 0. The Balaban J connectivity index is 1.84. The molecule has 2 fully saturated rings. The quantitative estimate of drug-likeness (QED) is 0.0164. The molecule has 149 heavy (non-hydrogen) atoms. The minimum Gasteiger partial charge on any atom is -0.508 e. The van der Waals surface area contributed by atoms with Crippen LogP contribution in [0.15, 0.2) is 24.3 Å². The van der Waals surface area contributed by atoms with E-state index in [-0.39, 0.29) is 57.4 Å². The smallest absolute Gasteiger partial charge is 0.328 e. The van der Waals surface area contributed by atoms with Gasteiger partial charge in [-0.05, 0) is 122 Å². The first-order chi connectivity index (χ1) is 69.7. The van der Waals surface area contributed by atoms with Gasteiger partial charge in [-0.15, -0.1) is 0 Å². The van der Waals surface area contributed by atoms with Gasteiger partial charge in [-0.25, -0.2) is 4.79 Å². The lowest BCUT2D eigenvalue weighted by Crippen LogP contribution is -2.65. The van der Waals surface area contributed by atoms with E-state index in [1.54, 1.807) is 13.8 Å². The molecule has 0 aliphatic carbocycles. The number of nitrogens with one attached hydrogen (secondary N) is 21. The number of guanidine groups is 1. The summed E-state index contributed by atoms with van der Waals surface area (Å²) < 4.78 is 0. The third-order valence-electron chi connectivity index (χ3n) is 23.6. The van der Waals surface area contributed by atoms with Gasteiger partial charge in [0.2, 0.25) is 136 Å². The van der Waals surface area contributed by atoms with Gasteiger partial charge in [0.25, 0.3) is 0 Å². The zero-order chi connectivity index (χ0) is 113. The van der Waals surface area contributed by atoms with Crippen molar-refractivity contribution >= 4 is 154 Å². The van der Waals surface area contributed by atoms with Crippen LogP contribution in [0.5, 0.6) is 5.75 Å². The molecule has 23 amide bonds. The highest BCUT2D eigenvalue weighted by Crippen LogP contribution is 2.22. The molecule has 832 valence electrons. The maximum absolute atomic E-state index is 14.8. The van der Waals surface area contributed by atoms with E-state index in [9.17, 15) is 166 Å². The van der Waals surface area contributed by atoms with Crippen LogP contribution in [0.2, 0.25) is 0 Å². The first-order valence-corrected chi connectivity index (χ1v) is 47.6. The topological polar surface area (TPSA) is 1010 Å². The summed E-state index contributed by atoms with van der Waals surface area (Å²) in [5, 5.41) is 147. The van der Waals surface area contributed by atoms with Crippen molar-refractivity contribution in [3.8, 4) is 5.75 Å². The van der Waals surface area contributed by atoms with Crippen LogP contribution in [0.1, 0.15) is 164 Å². The number of nitrogens with two attached hydrogens (primary N) is 5. The van der Waals surface area contributed by atoms with Crippen LogP contribution < -0.4 is 135 Å². The molecule has 61 nitrogen and oxygen atoms in total. The Morgan fingerprint density at radius 1 is 0.389 bits per heavy atom. The SMILES string of the molecule is CC[C@H](C)[C@H](NC(=O)[C@H](CC(=O)O)NC(=O)[C@@H]1CCCN1)C(=O)N[C@H](C(=O)NCC(=O)N[C@@H](Cc1ccc(O)cc1)C(=O)N[C@@H](CCCNC(=N)N)C(=O)N[C@H](C(=O)N[C@H](C(=O)N[C@H](C(=O)N[C@H](C(=O)N1CCC[C@H]1C(=O)N[C@H](C(=O)N[C@@H](CC(N)=O)C(=O)NCC(=O)N[C@@H](CCC(N)=O)C(=O)N[C@@H](CCC(N)=O)C(=O)NCC(=O)N[C@@H](CC(N)=O)C(=O)N[C@@H](CO)C(=O)O)[C@@H](C)O)[C@@H](C)O)[C@@H](C)O)[C@@H](C)O)[C@@H](C)CC)[C@@H](C)O. The summed E-state index contributed by atoms with van der Waals surface area (Å²) in [5.74, 6) is -32.7. The number of primary amides is 4. The molecule has 2 saturated heterocycles. The molecule has 0 unspecified atom stereocenters. The molecule has 40 N–H and O–H groups in total. The normalized spacial score (nSPS) is 17.5. The first-order valence-electron chi connectivity index (χ1n) is 47.6. The molecule has 0 bridgehead atoms. The summed E-state index contributed by atoms with van der Waals surface area (Å²) in [6.07, 6.45) is -14.3. The maximum atomic E-state index is 14.8. The second kappa shape index (κ2) is 63.3. The zero-order valence-electron chi connectivity index (χ0n) is 83.5. The van der Waals surface area contributed by atoms with Gasteiger partial charge in [-0.3, -0.25) is 120 Å². The number of aromatic hydroxyl groups is 1. The predicted octanol–water partition coefficient (Wildman–Crippen LogP) is -16.6. The van der Waals surface area contributed by atoms with E-state index < -0.39 is 376 Å². The van der Waals surface area contributed by atoms with E-state index in [1.165, 1.54) is 38.1 Å². The third kappa shape index (κ3) is 44.5. The number of amides is 23. The van der Waals surface area contributed by atoms with E-state index >= 15 is 0 Å². The summed E-state index contributed by atoms with van der Waals surface area (Å²) in [6.45, 7) is 7.16. The second-order valence-corrected chi connectivity index (χ2v) is 35.9. The predicted molar refractivity (Wildman–Crippen MR) is 513 cm³/mol. The molecule has 0 aromatic heterocycles. The van der Waals surface area contributed by atoms with Crippen molar-refractivity contribution in [3.05, 3.63) is 29.8 Å².